The van der Waals surface area contributed by atoms with Gasteiger partial charge in [-0.15, -0.1) is 0 Å². The molecule has 1 atom stereocenters. The SMILES string of the molecule is C=C/C(=C\N(C)C)C(=C)NC(C)c1ccc(C(=C2CC3(C2)CC(C)C3)c2ccc(C)cc2)cc1. The third-order valence-corrected chi connectivity index (χ3v) is 7.49. The molecule has 2 aromatic carbocycles. The van der Waals surface area contributed by atoms with Gasteiger partial charge in [0.1, 0.15) is 0 Å². The van der Waals surface area contributed by atoms with Crippen LogP contribution in [-0.4, -0.2) is 19.0 Å². The van der Waals surface area contributed by atoms with Crippen LogP contribution in [0.15, 0.2) is 90.8 Å². The van der Waals surface area contributed by atoms with Crippen LogP contribution >= 0.6 is 0 Å². The van der Waals surface area contributed by atoms with Gasteiger partial charge in [0.15, 0.2) is 0 Å². The molecule has 0 heterocycles. The minimum Gasteiger partial charge on any atom is -0.383 e. The highest BCUT2D eigenvalue weighted by molar-refractivity contribution is 5.83. The van der Waals surface area contributed by atoms with Crippen molar-refractivity contribution in [1.82, 2.24) is 10.2 Å². The summed E-state index contributed by atoms with van der Waals surface area (Å²) in [5.74, 6) is 0.904. The van der Waals surface area contributed by atoms with Crippen LogP contribution in [0.25, 0.3) is 5.57 Å². The number of allylic oxidation sites excluding steroid dienone is 2. The van der Waals surface area contributed by atoms with Gasteiger partial charge in [0.25, 0.3) is 0 Å². The minimum absolute atomic E-state index is 0.158. The van der Waals surface area contributed by atoms with E-state index in [0.717, 1.165) is 17.2 Å². The van der Waals surface area contributed by atoms with Crippen LogP contribution in [-0.2, 0) is 0 Å². The maximum Gasteiger partial charge on any atom is 0.0485 e. The van der Waals surface area contributed by atoms with E-state index in [0.29, 0.717) is 5.41 Å². The van der Waals surface area contributed by atoms with Crippen molar-refractivity contribution in [3.63, 3.8) is 0 Å². The van der Waals surface area contributed by atoms with Crippen LogP contribution in [0.5, 0.6) is 0 Å². The Morgan fingerprint density at radius 2 is 1.59 bits per heavy atom. The van der Waals surface area contributed by atoms with Crippen LogP contribution in [0.4, 0.5) is 0 Å². The molecule has 2 aliphatic rings. The molecule has 2 aliphatic carbocycles. The first-order valence-electron chi connectivity index (χ1n) is 12.6. The summed E-state index contributed by atoms with van der Waals surface area (Å²) in [6.45, 7) is 14.9. The van der Waals surface area contributed by atoms with Gasteiger partial charge < -0.3 is 10.2 Å². The smallest absolute Gasteiger partial charge is 0.0485 e. The van der Waals surface area contributed by atoms with Crippen molar-refractivity contribution in [2.45, 2.75) is 52.5 Å². The van der Waals surface area contributed by atoms with Crippen LogP contribution in [0.2, 0.25) is 0 Å². The standard InChI is InChI=1S/C32H40N2/c1-8-26(21-34(6)7)24(4)33-25(5)27-13-15-29(16-14-27)31(28-11-9-22(2)10-12-28)30-19-32(20-30)17-23(3)18-32/h8-16,21,23,25,33H,1,4,17-20H2,2-3,5-7H3/b26-21+,31-30?. The lowest BCUT2D eigenvalue weighted by atomic mass is 9.49. The summed E-state index contributed by atoms with van der Waals surface area (Å²) >= 11 is 0. The molecule has 0 aromatic heterocycles. The van der Waals surface area contributed by atoms with Crippen LogP contribution < -0.4 is 5.32 Å². The molecule has 1 unspecified atom stereocenters. The zero-order chi connectivity index (χ0) is 24.5. The summed E-state index contributed by atoms with van der Waals surface area (Å²) in [5.41, 5.74) is 10.8. The second-order valence-corrected chi connectivity index (χ2v) is 10.9. The Balaban J connectivity index is 1.55. The lowest BCUT2D eigenvalue weighted by molar-refractivity contribution is 0.0246. The average Bonchev–Trinajstić information content (AvgIpc) is 2.76. The fourth-order valence-corrected chi connectivity index (χ4v) is 5.93. The largest absolute Gasteiger partial charge is 0.383 e. The molecule has 2 aromatic rings. The Morgan fingerprint density at radius 1 is 1.03 bits per heavy atom. The summed E-state index contributed by atoms with van der Waals surface area (Å²) in [5, 5.41) is 3.54. The van der Waals surface area contributed by atoms with Crippen LogP contribution in [0.3, 0.4) is 0 Å². The molecule has 2 nitrogen and oxygen atoms in total. The number of hydrogen-bond donors (Lipinski definition) is 1. The van der Waals surface area contributed by atoms with Crippen LogP contribution in [0, 0.1) is 18.3 Å². The second kappa shape index (κ2) is 9.70. The minimum atomic E-state index is 0.158. The fraction of sp³-hybridized carbons (Fsp3) is 0.375. The number of nitrogens with one attached hydrogen (secondary N) is 1. The van der Waals surface area contributed by atoms with Crippen molar-refractivity contribution >= 4 is 5.57 Å². The van der Waals surface area contributed by atoms with Crippen molar-refractivity contribution in [3.05, 3.63) is 113 Å². The molecule has 2 fully saturated rings. The third-order valence-electron chi connectivity index (χ3n) is 7.49. The third kappa shape index (κ3) is 5.06. The summed E-state index contributed by atoms with van der Waals surface area (Å²) in [6.07, 6.45) is 9.22. The van der Waals surface area contributed by atoms with Gasteiger partial charge in [-0.05, 0) is 73.1 Å². The molecule has 0 saturated heterocycles. The van der Waals surface area contributed by atoms with E-state index in [9.17, 15) is 0 Å². The number of aryl methyl sites for hydroxylation is 1. The number of rotatable bonds is 8. The molecular weight excluding hydrogens is 412 g/mol. The maximum absolute atomic E-state index is 4.23. The Labute approximate surface area is 206 Å². The highest BCUT2D eigenvalue weighted by Gasteiger charge is 2.49. The predicted molar refractivity (Wildman–Crippen MR) is 146 cm³/mol. The first kappa shape index (κ1) is 24.1. The average molecular weight is 453 g/mol. The maximum atomic E-state index is 4.23. The molecule has 0 amide bonds. The quantitative estimate of drug-likeness (QED) is 0.411. The van der Waals surface area contributed by atoms with Gasteiger partial charge in [0, 0.05) is 37.6 Å². The first-order valence-corrected chi connectivity index (χ1v) is 12.6. The topological polar surface area (TPSA) is 15.3 Å². The molecule has 2 saturated carbocycles. The normalized spacial score (nSPS) is 22.4. The summed E-state index contributed by atoms with van der Waals surface area (Å²) in [7, 11) is 4.02. The fourth-order valence-electron chi connectivity index (χ4n) is 5.93. The van der Waals surface area contributed by atoms with Gasteiger partial charge in [0.2, 0.25) is 0 Å². The van der Waals surface area contributed by atoms with Gasteiger partial charge >= 0.3 is 0 Å². The van der Waals surface area contributed by atoms with Crippen molar-refractivity contribution in [1.29, 1.82) is 0 Å². The van der Waals surface area contributed by atoms with Crippen molar-refractivity contribution < 1.29 is 0 Å². The highest BCUT2D eigenvalue weighted by Crippen LogP contribution is 2.62. The van der Waals surface area contributed by atoms with E-state index in [2.05, 4.69) is 87.8 Å². The molecule has 2 heteroatoms. The Kier molecular flexibility index (Phi) is 6.89. The molecule has 34 heavy (non-hydrogen) atoms. The summed E-state index contributed by atoms with van der Waals surface area (Å²) in [6, 6.07) is 18.3. The summed E-state index contributed by atoms with van der Waals surface area (Å²) in [4.78, 5) is 2.01. The Morgan fingerprint density at radius 3 is 2.09 bits per heavy atom. The summed E-state index contributed by atoms with van der Waals surface area (Å²) < 4.78 is 0. The van der Waals surface area contributed by atoms with Crippen molar-refractivity contribution in [3.8, 4) is 0 Å². The second-order valence-electron chi connectivity index (χ2n) is 10.9. The van der Waals surface area contributed by atoms with Crippen molar-refractivity contribution in [2.75, 3.05) is 14.1 Å². The number of hydrogen-bond acceptors (Lipinski definition) is 2. The molecule has 1 spiro atoms. The Bertz CT molecular complexity index is 1100. The van der Waals surface area contributed by atoms with Crippen LogP contribution in [0.1, 0.15) is 67.8 Å². The van der Waals surface area contributed by atoms with Gasteiger partial charge in [-0.1, -0.05) is 85.8 Å². The van der Waals surface area contributed by atoms with E-state index < -0.39 is 0 Å². The molecular formula is C32H40N2. The van der Waals surface area contributed by atoms with Gasteiger partial charge in [0.05, 0.1) is 0 Å². The van der Waals surface area contributed by atoms with E-state index >= 15 is 0 Å². The van der Waals surface area contributed by atoms with E-state index in [4.69, 9.17) is 0 Å². The molecule has 0 radical (unpaired) electrons. The highest BCUT2D eigenvalue weighted by atomic mass is 15.0. The zero-order valence-electron chi connectivity index (χ0n) is 21.6. The molecule has 0 aliphatic heterocycles. The molecule has 178 valence electrons. The number of nitrogens with zero attached hydrogens (tertiary/aromatic N) is 1. The van der Waals surface area contributed by atoms with E-state index in [1.54, 1.807) is 5.57 Å². The molecule has 1 N–H and O–H groups in total. The first-order chi connectivity index (χ1) is 16.2. The van der Waals surface area contributed by atoms with E-state index in [1.807, 2.05) is 31.3 Å². The lowest BCUT2D eigenvalue weighted by Gasteiger charge is -2.55. The predicted octanol–water partition coefficient (Wildman–Crippen LogP) is 7.80. The number of benzene rings is 2. The lowest BCUT2D eigenvalue weighted by Crippen LogP contribution is -2.43. The van der Waals surface area contributed by atoms with E-state index in [-0.39, 0.29) is 6.04 Å². The molecule has 0 bridgehead atoms. The van der Waals surface area contributed by atoms with Gasteiger partial charge in [-0.2, -0.15) is 0 Å². The van der Waals surface area contributed by atoms with E-state index in [1.165, 1.54) is 53.5 Å². The zero-order valence-corrected chi connectivity index (χ0v) is 21.6. The monoisotopic (exact) mass is 452 g/mol. The van der Waals surface area contributed by atoms with Crippen molar-refractivity contribution in [2.24, 2.45) is 11.3 Å². The van der Waals surface area contributed by atoms with Gasteiger partial charge in [-0.25, -0.2) is 0 Å². The van der Waals surface area contributed by atoms with Gasteiger partial charge in [-0.3, -0.25) is 0 Å². The Hall–Kier alpha value is -3.00. The molecule has 4 rings (SSSR count).